The van der Waals surface area contributed by atoms with Gasteiger partial charge in [0, 0.05) is 31.3 Å². The number of hydrogen-bond acceptors (Lipinski definition) is 4. The highest BCUT2D eigenvalue weighted by Crippen LogP contribution is 2.29. The Labute approximate surface area is 140 Å². The third kappa shape index (κ3) is 3.92. The third-order valence-electron chi connectivity index (χ3n) is 4.02. The van der Waals surface area contributed by atoms with Gasteiger partial charge in [-0.05, 0) is 37.1 Å². The van der Waals surface area contributed by atoms with Gasteiger partial charge >= 0.3 is 0 Å². The van der Waals surface area contributed by atoms with Gasteiger partial charge in [0.1, 0.15) is 5.03 Å². The Bertz CT molecular complexity index is 655. The van der Waals surface area contributed by atoms with E-state index in [-0.39, 0.29) is 12.0 Å². The molecule has 4 nitrogen and oxygen atoms in total. The highest BCUT2D eigenvalue weighted by atomic mass is 32.2. The van der Waals surface area contributed by atoms with Gasteiger partial charge in [0.25, 0.3) is 5.91 Å². The van der Waals surface area contributed by atoms with E-state index in [1.54, 1.807) is 13.3 Å². The lowest BCUT2D eigenvalue weighted by atomic mass is 10.1. The molecule has 1 aromatic carbocycles. The maximum Gasteiger partial charge on any atom is 0.256 e. The van der Waals surface area contributed by atoms with Crippen LogP contribution in [0.2, 0.25) is 0 Å². The molecule has 3 rings (SSSR count). The maximum absolute atomic E-state index is 12.8. The van der Waals surface area contributed by atoms with E-state index in [1.807, 2.05) is 47.4 Å². The molecule has 1 fully saturated rings. The summed E-state index contributed by atoms with van der Waals surface area (Å²) in [6, 6.07) is 13.7. The van der Waals surface area contributed by atoms with Gasteiger partial charge < -0.3 is 9.64 Å². The molecule has 0 aliphatic carbocycles. The number of aromatic nitrogens is 1. The number of nitrogens with zero attached hydrogens (tertiary/aromatic N) is 2. The Balaban J connectivity index is 1.76. The predicted molar refractivity (Wildman–Crippen MR) is 90.7 cm³/mol. The summed E-state index contributed by atoms with van der Waals surface area (Å²) in [4.78, 5) is 20.2. The molecule has 0 unspecified atom stereocenters. The van der Waals surface area contributed by atoms with Gasteiger partial charge in [-0.25, -0.2) is 4.98 Å². The number of pyridine rings is 1. The summed E-state index contributed by atoms with van der Waals surface area (Å²) in [6.07, 6.45) is 3.79. The molecular weight excluding hydrogens is 308 g/mol. The summed E-state index contributed by atoms with van der Waals surface area (Å²) in [5.74, 6) is 0.0612. The highest BCUT2D eigenvalue weighted by Gasteiger charge is 2.25. The molecule has 0 bridgehead atoms. The minimum absolute atomic E-state index is 0.0612. The lowest BCUT2D eigenvalue weighted by Gasteiger charge is -2.31. The van der Waals surface area contributed by atoms with Crippen molar-refractivity contribution in [2.45, 2.75) is 28.9 Å². The van der Waals surface area contributed by atoms with E-state index in [9.17, 15) is 4.79 Å². The van der Waals surface area contributed by atoms with Crippen LogP contribution >= 0.6 is 11.8 Å². The molecule has 1 aromatic heterocycles. The molecule has 1 aliphatic heterocycles. The average molecular weight is 328 g/mol. The lowest BCUT2D eigenvalue weighted by Crippen LogP contribution is -2.40. The highest BCUT2D eigenvalue weighted by molar-refractivity contribution is 7.99. The Hall–Kier alpha value is -1.85. The topological polar surface area (TPSA) is 42.4 Å². The molecular formula is C18H20N2O2S. The second kappa shape index (κ2) is 7.62. The summed E-state index contributed by atoms with van der Waals surface area (Å²) in [7, 11) is 1.73. The minimum Gasteiger partial charge on any atom is -0.381 e. The van der Waals surface area contributed by atoms with Crippen LogP contribution in [-0.4, -0.2) is 42.1 Å². The number of likely N-dealkylation sites (tertiary alicyclic amines) is 1. The quantitative estimate of drug-likeness (QED) is 0.862. The van der Waals surface area contributed by atoms with Crippen molar-refractivity contribution in [3.8, 4) is 0 Å². The van der Waals surface area contributed by atoms with Crippen molar-refractivity contribution in [3.63, 3.8) is 0 Å². The molecule has 1 aliphatic rings. The smallest absolute Gasteiger partial charge is 0.256 e. The van der Waals surface area contributed by atoms with Gasteiger partial charge in [-0.2, -0.15) is 0 Å². The Morgan fingerprint density at radius 1 is 1.17 bits per heavy atom. The molecule has 23 heavy (non-hydrogen) atoms. The Morgan fingerprint density at radius 2 is 1.91 bits per heavy atom. The van der Waals surface area contributed by atoms with Crippen LogP contribution < -0.4 is 0 Å². The van der Waals surface area contributed by atoms with Gasteiger partial charge in [0.15, 0.2) is 0 Å². The molecule has 0 atom stereocenters. The first-order chi connectivity index (χ1) is 11.3. The van der Waals surface area contributed by atoms with Crippen molar-refractivity contribution in [2.24, 2.45) is 0 Å². The van der Waals surface area contributed by atoms with E-state index in [0.29, 0.717) is 5.56 Å². The van der Waals surface area contributed by atoms with E-state index >= 15 is 0 Å². The fourth-order valence-electron chi connectivity index (χ4n) is 2.70. The molecule has 0 radical (unpaired) electrons. The summed E-state index contributed by atoms with van der Waals surface area (Å²) in [5, 5.41) is 0.762. The van der Waals surface area contributed by atoms with Gasteiger partial charge in [0.05, 0.1) is 11.7 Å². The standard InChI is InChI=1S/C18H20N2O2S/c1-22-14-9-12-20(13-10-14)18(21)16-8-5-11-19-17(16)23-15-6-3-2-4-7-15/h2-8,11,14H,9-10,12-13H2,1H3. The summed E-state index contributed by atoms with van der Waals surface area (Å²) in [5.41, 5.74) is 0.678. The fourth-order valence-corrected chi connectivity index (χ4v) is 3.60. The van der Waals surface area contributed by atoms with Gasteiger partial charge in [0.2, 0.25) is 0 Å². The average Bonchev–Trinajstić information content (AvgIpc) is 2.62. The lowest BCUT2D eigenvalue weighted by molar-refractivity contribution is 0.0348. The zero-order valence-electron chi connectivity index (χ0n) is 13.1. The SMILES string of the molecule is COC1CCN(C(=O)c2cccnc2Sc2ccccc2)CC1. The van der Waals surface area contributed by atoms with E-state index < -0.39 is 0 Å². The second-order valence-corrected chi connectivity index (χ2v) is 6.56. The molecule has 120 valence electrons. The summed E-state index contributed by atoms with van der Waals surface area (Å²) in [6.45, 7) is 1.48. The van der Waals surface area contributed by atoms with Crippen molar-refractivity contribution in [1.82, 2.24) is 9.88 Å². The summed E-state index contributed by atoms with van der Waals surface area (Å²) < 4.78 is 5.37. The number of carbonyl (C=O) groups excluding carboxylic acids is 1. The van der Waals surface area contributed by atoms with Gasteiger partial charge in [-0.1, -0.05) is 30.0 Å². The first-order valence-corrected chi connectivity index (χ1v) is 8.59. The molecule has 2 aromatic rings. The van der Waals surface area contributed by atoms with Crippen LogP contribution in [0.4, 0.5) is 0 Å². The van der Waals surface area contributed by atoms with Crippen LogP contribution in [-0.2, 0) is 4.74 Å². The van der Waals surface area contributed by atoms with Crippen LogP contribution in [0, 0.1) is 0 Å². The number of hydrogen-bond donors (Lipinski definition) is 0. The van der Waals surface area contributed by atoms with E-state index in [4.69, 9.17) is 4.74 Å². The van der Waals surface area contributed by atoms with Crippen molar-refractivity contribution >= 4 is 17.7 Å². The largest absolute Gasteiger partial charge is 0.381 e. The Morgan fingerprint density at radius 3 is 2.61 bits per heavy atom. The molecule has 0 saturated carbocycles. The van der Waals surface area contributed by atoms with Crippen molar-refractivity contribution in [1.29, 1.82) is 0 Å². The van der Waals surface area contributed by atoms with Crippen LogP contribution in [0.1, 0.15) is 23.2 Å². The zero-order valence-corrected chi connectivity index (χ0v) is 14.0. The van der Waals surface area contributed by atoms with E-state index in [2.05, 4.69) is 4.98 Å². The number of rotatable bonds is 4. The molecule has 1 saturated heterocycles. The Kier molecular flexibility index (Phi) is 5.31. The monoisotopic (exact) mass is 328 g/mol. The molecule has 0 N–H and O–H groups in total. The normalized spacial score (nSPS) is 15.6. The van der Waals surface area contributed by atoms with Crippen LogP contribution in [0.3, 0.4) is 0 Å². The van der Waals surface area contributed by atoms with Crippen LogP contribution in [0.5, 0.6) is 0 Å². The molecule has 2 heterocycles. The molecule has 1 amide bonds. The van der Waals surface area contributed by atoms with Crippen LogP contribution in [0.25, 0.3) is 0 Å². The number of piperidine rings is 1. The maximum atomic E-state index is 12.8. The number of amides is 1. The minimum atomic E-state index is 0.0612. The van der Waals surface area contributed by atoms with Gasteiger partial charge in [-0.3, -0.25) is 4.79 Å². The fraction of sp³-hybridized carbons (Fsp3) is 0.333. The third-order valence-corrected chi connectivity index (χ3v) is 5.05. The zero-order chi connectivity index (χ0) is 16.1. The molecule has 5 heteroatoms. The number of methoxy groups -OCH3 is 1. The first-order valence-electron chi connectivity index (χ1n) is 7.78. The van der Waals surface area contributed by atoms with E-state index in [0.717, 1.165) is 35.9 Å². The predicted octanol–water partition coefficient (Wildman–Crippen LogP) is 3.48. The van der Waals surface area contributed by atoms with Crippen molar-refractivity contribution in [2.75, 3.05) is 20.2 Å². The van der Waals surface area contributed by atoms with E-state index in [1.165, 1.54) is 11.8 Å². The van der Waals surface area contributed by atoms with Crippen LogP contribution in [0.15, 0.2) is 58.6 Å². The number of carbonyl (C=O) groups is 1. The second-order valence-electron chi connectivity index (χ2n) is 5.50. The van der Waals surface area contributed by atoms with Crippen molar-refractivity contribution in [3.05, 3.63) is 54.2 Å². The summed E-state index contributed by atoms with van der Waals surface area (Å²) >= 11 is 1.53. The first kappa shape index (κ1) is 16.0. The molecule has 0 spiro atoms. The number of ether oxygens (including phenoxy) is 1. The van der Waals surface area contributed by atoms with Crippen molar-refractivity contribution < 1.29 is 9.53 Å². The van der Waals surface area contributed by atoms with Gasteiger partial charge in [-0.15, -0.1) is 0 Å². The number of benzene rings is 1.